The predicted octanol–water partition coefficient (Wildman–Crippen LogP) is 1.31. The lowest BCUT2D eigenvalue weighted by atomic mass is 10.3. The van der Waals surface area contributed by atoms with Crippen LogP contribution < -0.4 is 0 Å². The summed E-state index contributed by atoms with van der Waals surface area (Å²) < 4.78 is 12.4. The van der Waals surface area contributed by atoms with E-state index in [9.17, 15) is 29.8 Å². The molecule has 0 aliphatic carbocycles. The van der Waals surface area contributed by atoms with Gasteiger partial charge in [0.1, 0.15) is 35.9 Å². The van der Waals surface area contributed by atoms with Crippen LogP contribution in [-0.4, -0.2) is 54.6 Å². The van der Waals surface area contributed by atoms with Crippen molar-refractivity contribution in [1.29, 1.82) is 0 Å². The normalized spacial score (nSPS) is 10.7. The third-order valence-corrected chi connectivity index (χ3v) is 4.42. The van der Waals surface area contributed by atoms with Gasteiger partial charge in [-0.05, 0) is 27.7 Å². The third kappa shape index (κ3) is 5.61. The van der Waals surface area contributed by atoms with E-state index in [4.69, 9.17) is 9.47 Å². The van der Waals surface area contributed by atoms with Crippen LogP contribution in [0.4, 0.5) is 11.4 Å². The maximum atomic E-state index is 11.9. The summed E-state index contributed by atoms with van der Waals surface area (Å²) in [4.78, 5) is 44.6. The van der Waals surface area contributed by atoms with Gasteiger partial charge >= 0.3 is 23.3 Å². The number of ether oxygens (including phenoxy) is 2. The lowest BCUT2D eigenvalue weighted by molar-refractivity contribution is -0.386. The van der Waals surface area contributed by atoms with Crippen LogP contribution in [0.5, 0.6) is 0 Å². The second kappa shape index (κ2) is 9.77. The number of carbonyl (C=O) groups is 2. The zero-order valence-electron chi connectivity index (χ0n) is 17.5. The number of rotatable bonds is 10. The maximum absolute atomic E-state index is 11.9. The van der Waals surface area contributed by atoms with E-state index in [1.54, 1.807) is 0 Å². The molecule has 0 fully saturated rings. The molecule has 0 N–H and O–H groups in total. The van der Waals surface area contributed by atoms with Crippen LogP contribution in [0.2, 0.25) is 0 Å². The number of nitrogens with zero attached hydrogens (tertiary/aromatic N) is 6. The minimum atomic E-state index is -0.637. The van der Waals surface area contributed by atoms with E-state index in [0.29, 0.717) is 0 Å². The Hall–Kier alpha value is -3.84. The van der Waals surface area contributed by atoms with Crippen LogP contribution in [0.25, 0.3) is 0 Å². The molecule has 0 aromatic carbocycles. The van der Waals surface area contributed by atoms with E-state index in [1.165, 1.54) is 37.1 Å². The highest BCUT2D eigenvalue weighted by Crippen LogP contribution is 2.22. The van der Waals surface area contributed by atoms with Gasteiger partial charge in [-0.15, -0.1) is 0 Å². The van der Waals surface area contributed by atoms with Crippen LogP contribution in [0.3, 0.4) is 0 Å². The summed E-state index contributed by atoms with van der Waals surface area (Å²) in [6, 6.07) is 0. The summed E-state index contributed by atoms with van der Waals surface area (Å²) in [5.41, 5.74) is 0.612. The number of carbonyl (C=O) groups excluding carboxylic acids is 2. The first-order valence-electron chi connectivity index (χ1n) is 9.21. The Balaban J connectivity index is 1.74. The average molecular weight is 438 g/mol. The van der Waals surface area contributed by atoms with Crippen LogP contribution in [0.15, 0.2) is 0 Å². The van der Waals surface area contributed by atoms with Crippen LogP contribution >= 0.6 is 0 Å². The molecule has 0 saturated carbocycles. The van der Waals surface area contributed by atoms with Gasteiger partial charge in [0.15, 0.2) is 0 Å². The van der Waals surface area contributed by atoms with Gasteiger partial charge in [0, 0.05) is 6.42 Å². The minimum Gasteiger partial charge on any atom is -0.464 e. The fourth-order valence-electron chi connectivity index (χ4n) is 2.98. The number of esters is 2. The minimum absolute atomic E-state index is 0.0289. The van der Waals surface area contributed by atoms with Crippen molar-refractivity contribution < 1.29 is 28.9 Å². The standard InChI is InChI=1S/C17H22N6O8/c1-10-16(22(26)27)12(3)20(18-10)8-14(24)30-6-5-7-31-15(25)9-21-13(4)17(23(28)29)11(2)19-21/h5-9H2,1-4H3. The topological polar surface area (TPSA) is 175 Å². The molecule has 0 atom stereocenters. The first kappa shape index (κ1) is 23.4. The van der Waals surface area contributed by atoms with Gasteiger partial charge in [0.25, 0.3) is 0 Å². The number of hydrogen-bond donors (Lipinski definition) is 0. The first-order valence-corrected chi connectivity index (χ1v) is 9.21. The molecule has 0 amide bonds. The fourth-order valence-corrected chi connectivity index (χ4v) is 2.98. The Morgan fingerprint density at radius 2 is 1.16 bits per heavy atom. The van der Waals surface area contributed by atoms with Gasteiger partial charge in [0.2, 0.25) is 0 Å². The Morgan fingerprint density at radius 3 is 1.45 bits per heavy atom. The summed E-state index contributed by atoms with van der Waals surface area (Å²) in [6.07, 6.45) is 0.228. The lowest BCUT2D eigenvalue weighted by Crippen LogP contribution is -2.19. The second-order valence-electron chi connectivity index (χ2n) is 6.66. The van der Waals surface area contributed by atoms with Gasteiger partial charge in [-0.25, -0.2) is 0 Å². The van der Waals surface area contributed by atoms with Crippen molar-refractivity contribution >= 4 is 23.3 Å². The lowest BCUT2D eigenvalue weighted by Gasteiger charge is -2.07. The van der Waals surface area contributed by atoms with Crippen molar-refractivity contribution in [3.05, 3.63) is 43.0 Å². The zero-order valence-corrected chi connectivity index (χ0v) is 17.5. The molecule has 2 aromatic rings. The molecule has 168 valence electrons. The van der Waals surface area contributed by atoms with Crippen molar-refractivity contribution in [3.8, 4) is 0 Å². The summed E-state index contributed by atoms with van der Waals surface area (Å²) in [7, 11) is 0. The van der Waals surface area contributed by atoms with Crippen molar-refractivity contribution in [2.45, 2.75) is 47.2 Å². The van der Waals surface area contributed by atoms with Gasteiger partial charge < -0.3 is 9.47 Å². The molecule has 14 heteroatoms. The van der Waals surface area contributed by atoms with E-state index in [0.717, 1.165) is 0 Å². The van der Waals surface area contributed by atoms with Crippen molar-refractivity contribution in [3.63, 3.8) is 0 Å². The van der Waals surface area contributed by atoms with E-state index < -0.39 is 21.8 Å². The van der Waals surface area contributed by atoms with Gasteiger partial charge in [-0.2, -0.15) is 10.2 Å². The molecule has 31 heavy (non-hydrogen) atoms. The molecule has 0 bridgehead atoms. The van der Waals surface area contributed by atoms with Gasteiger partial charge in [0.05, 0.1) is 23.1 Å². The van der Waals surface area contributed by atoms with E-state index in [2.05, 4.69) is 10.2 Å². The quantitative estimate of drug-likeness (QED) is 0.227. The highest BCUT2D eigenvalue weighted by molar-refractivity contribution is 5.70. The Morgan fingerprint density at radius 1 is 0.806 bits per heavy atom. The Labute approximate surface area is 176 Å². The second-order valence-corrected chi connectivity index (χ2v) is 6.66. The van der Waals surface area contributed by atoms with Crippen molar-refractivity contribution in [2.75, 3.05) is 13.2 Å². The summed E-state index contributed by atoms with van der Waals surface area (Å²) >= 11 is 0. The first-order chi connectivity index (χ1) is 14.5. The van der Waals surface area contributed by atoms with Gasteiger partial charge in [-0.3, -0.25) is 39.2 Å². The van der Waals surface area contributed by atoms with Crippen molar-refractivity contribution in [1.82, 2.24) is 19.6 Å². The maximum Gasteiger partial charge on any atom is 0.327 e. The van der Waals surface area contributed by atoms with Crippen LogP contribution in [0, 0.1) is 47.9 Å². The fraction of sp³-hybridized carbons (Fsp3) is 0.529. The number of aryl methyl sites for hydroxylation is 2. The summed E-state index contributed by atoms with van der Waals surface area (Å²) in [5, 5.41) is 29.9. The molecular formula is C17H22N6O8. The molecule has 0 spiro atoms. The smallest absolute Gasteiger partial charge is 0.327 e. The molecule has 2 rings (SSSR count). The molecule has 0 aliphatic rings. The van der Waals surface area contributed by atoms with Gasteiger partial charge in [-0.1, -0.05) is 0 Å². The highest BCUT2D eigenvalue weighted by Gasteiger charge is 2.24. The van der Waals surface area contributed by atoms with Crippen molar-refractivity contribution in [2.24, 2.45) is 0 Å². The highest BCUT2D eigenvalue weighted by atomic mass is 16.6. The van der Waals surface area contributed by atoms with E-state index in [1.807, 2.05) is 0 Å². The van der Waals surface area contributed by atoms with E-state index in [-0.39, 0.29) is 66.9 Å². The third-order valence-electron chi connectivity index (χ3n) is 4.42. The van der Waals surface area contributed by atoms with Crippen LogP contribution in [0.1, 0.15) is 29.2 Å². The number of nitro groups is 2. The average Bonchev–Trinajstić information content (AvgIpc) is 3.09. The Bertz CT molecular complexity index is 944. The molecule has 2 aromatic heterocycles. The summed E-state index contributed by atoms with van der Waals surface area (Å²) in [6.45, 7) is 5.31. The molecule has 0 unspecified atom stereocenters. The molecular weight excluding hydrogens is 416 g/mol. The molecule has 14 nitrogen and oxygen atoms in total. The molecule has 2 heterocycles. The largest absolute Gasteiger partial charge is 0.464 e. The molecule has 0 saturated heterocycles. The summed E-state index contributed by atoms with van der Waals surface area (Å²) in [5.74, 6) is -1.27. The predicted molar refractivity (Wildman–Crippen MR) is 103 cm³/mol. The number of aromatic nitrogens is 4. The monoisotopic (exact) mass is 438 g/mol. The van der Waals surface area contributed by atoms with Crippen LogP contribution in [-0.2, 0) is 32.2 Å². The van der Waals surface area contributed by atoms with E-state index >= 15 is 0 Å². The zero-order chi connectivity index (χ0) is 23.3. The Kier molecular flexibility index (Phi) is 7.39. The number of hydrogen-bond acceptors (Lipinski definition) is 10. The molecule has 0 radical (unpaired) electrons. The molecule has 0 aliphatic heterocycles. The SMILES string of the molecule is Cc1nn(CC(=O)OCCCOC(=O)Cn2nc(C)c([N+](=O)[O-])c2C)c(C)c1[N+](=O)[O-].